The first kappa shape index (κ1) is 11.6. The van der Waals surface area contributed by atoms with E-state index in [2.05, 4.69) is 0 Å². The van der Waals surface area contributed by atoms with Gasteiger partial charge >= 0.3 is 0 Å². The SMILES string of the molecule is CSC1C=C(C=O)C=CC1(C=O)SC. The van der Waals surface area contributed by atoms with E-state index < -0.39 is 4.75 Å². The maximum absolute atomic E-state index is 11.1. The zero-order valence-corrected chi connectivity index (χ0v) is 9.73. The minimum Gasteiger partial charge on any atom is -0.301 e. The third-order valence-electron chi connectivity index (χ3n) is 2.25. The Morgan fingerprint density at radius 2 is 2.14 bits per heavy atom. The lowest BCUT2D eigenvalue weighted by atomic mass is 9.97. The van der Waals surface area contributed by atoms with Crippen LogP contribution in [0.25, 0.3) is 0 Å². The number of carbonyl (C=O) groups excluding carboxylic acids is 2. The van der Waals surface area contributed by atoms with Crippen LogP contribution in [0.15, 0.2) is 23.8 Å². The molecule has 1 aliphatic carbocycles. The molecule has 2 nitrogen and oxygen atoms in total. The molecule has 0 bridgehead atoms. The van der Waals surface area contributed by atoms with Crippen molar-refractivity contribution in [3.8, 4) is 0 Å². The Hall–Kier alpha value is -0.480. The van der Waals surface area contributed by atoms with Crippen LogP contribution in [-0.4, -0.2) is 35.1 Å². The van der Waals surface area contributed by atoms with Crippen LogP contribution in [0.4, 0.5) is 0 Å². The van der Waals surface area contributed by atoms with Crippen LogP contribution in [0.5, 0.6) is 0 Å². The molecule has 0 aromatic heterocycles. The number of rotatable bonds is 4. The van der Waals surface area contributed by atoms with E-state index in [9.17, 15) is 9.59 Å². The molecule has 0 heterocycles. The summed E-state index contributed by atoms with van der Waals surface area (Å²) in [5.41, 5.74) is 0.649. The summed E-state index contributed by atoms with van der Waals surface area (Å²) in [7, 11) is 0. The molecule has 1 aliphatic rings. The molecule has 1 rings (SSSR count). The summed E-state index contributed by atoms with van der Waals surface area (Å²) in [5.74, 6) is 0. The van der Waals surface area contributed by atoms with Gasteiger partial charge in [0.25, 0.3) is 0 Å². The minimum absolute atomic E-state index is 0.0419. The van der Waals surface area contributed by atoms with Crippen molar-refractivity contribution >= 4 is 36.1 Å². The lowest BCUT2D eigenvalue weighted by Gasteiger charge is -2.31. The third kappa shape index (κ3) is 1.96. The van der Waals surface area contributed by atoms with Crippen molar-refractivity contribution < 1.29 is 9.59 Å². The average Bonchev–Trinajstić information content (AvgIpc) is 2.28. The van der Waals surface area contributed by atoms with E-state index >= 15 is 0 Å². The zero-order chi connectivity index (χ0) is 10.6. The van der Waals surface area contributed by atoms with E-state index in [1.165, 1.54) is 11.8 Å². The minimum atomic E-state index is -0.508. The number of hydrogen-bond donors (Lipinski definition) is 0. The van der Waals surface area contributed by atoms with Gasteiger partial charge in [-0.05, 0) is 12.5 Å². The Morgan fingerprint density at radius 1 is 1.43 bits per heavy atom. The van der Waals surface area contributed by atoms with Crippen molar-refractivity contribution in [2.24, 2.45) is 0 Å². The Morgan fingerprint density at radius 3 is 2.57 bits per heavy atom. The van der Waals surface area contributed by atoms with Gasteiger partial charge in [0, 0.05) is 10.8 Å². The number of thioether (sulfide) groups is 2. The molecule has 0 radical (unpaired) electrons. The summed E-state index contributed by atoms with van der Waals surface area (Å²) < 4.78 is -0.508. The second-order valence-corrected chi connectivity index (χ2v) is 5.04. The first-order chi connectivity index (χ1) is 6.72. The van der Waals surface area contributed by atoms with E-state index in [1.807, 2.05) is 24.7 Å². The van der Waals surface area contributed by atoms with Gasteiger partial charge < -0.3 is 4.79 Å². The highest BCUT2D eigenvalue weighted by Gasteiger charge is 2.36. The van der Waals surface area contributed by atoms with Crippen molar-refractivity contribution in [1.29, 1.82) is 0 Å². The highest BCUT2D eigenvalue weighted by atomic mass is 32.2. The highest BCUT2D eigenvalue weighted by molar-refractivity contribution is 8.04. The number of allylic oxidation sites excluding steroid dienone is 2. The first-order valence-electron chi connectivity index (χ1n) is 4.13. The molecule has 2 unspecified atom stereocenters. The predicted molar refractivity (Wildman–Crippen MR) is 62.9 cm³/mol. The largest absolute Gasteiger partial charge is 0.301 e. The van der Waals surface area contributed by atoms with Gasteiger partial charge in [0.05, 0.1) is 0 Å². The standard InChI is InChI=1S/C10H12O2S2/c1-13-9-5-8(6-11)3-4-10(9,7-12)14-2/h3-7,9H,1-2H3. The Kier molecular flexibility index (Phi) is 4.01. The molecular formula is C10H12O2S2. The fourth-order valence-electron chi connectivity index (χ4n) is 1.35. The topological polar surface area (TPSA) is 34.1 Å². The van der Waals surface area contributed by atoms with E-state index in [0.717, 1.165) is 12.6 Å². The van der Waals surface area contributed by atoms with Gasteiger partial charge in [-0.2, -0.15) is 11.8 Å². The predicted octanol–water partition coefficient (Wildman–Crippen LogP) is 1.71. The smallest absolute Gasteiger partial charge is 0.149 e. The summed E-state index contributed by atoms with van der Waals surface area (Å²) in [6.07, 6.45) is 11.0. The van der Waals surface area contributed by atoms with Crippen molar-refractivity contribution in [2.45, 2.75) is 10.00 Å². The van der Waals surface area contributed by atoms with Crippen molar-refractivity contribution in [1.82, 2.24) is 0 Å². The molecule has 14 heavy (non-hydrogen) atoms. The maximum atomic E-state index is 11.1. The van der Waals surface area contributed by atoms with Crippen LogP contribution in [-0.2, 0) is 9.59 Å². The van der Waals surface area contributed by atoms with Gasteiger partial charge in [0.15, 0.2) is 0 Å². The van der Waals surface area contributed by atoms with Crippen LogP contribution in [0.2, 0.25) is 0 Å². The fourth-order valence-corrected chi connectivity index (χ4v) is 3.33. The maximum Gasteiger partial charge on any atom is 0.149 e. The van der Waals surface area contributed by atoms with Gasteiger partial charge in [-0.25, -0.2) is 0 Å². The van der Waals surface area contributed by atoms with E-state index in [1.54, 1.807) is 17.8 Å². The summed E-state index contributed by atoms with van der Waals surface area (Å²) in [5, 5.41) is 0.0419. The number of hydrogen-bond acceptors (Lipinski definition) is 4. The van der Waals surface area contributed by atoms with Crippen molar-refractivity contribution in [3.63, 3.8) is 0 Å². The van der Waals surface area contributed by atoms with Gasteiger partial charge in [0.1, 0.15) is 17.3 Å². The van der Waals surface area contributed by atoms with E-state index in [-0.39, 0.29) is 5.25 Å². The zero-order valence-electron chi connectivity index (χ0n) is 8.10. The van der Waals surface area contributed by atoms with Crippen LogP contribution in [0.3, 0.4) is 0 Å². The summed E-state index contributed by atoms with van der Waals surface area (Å²) in [6, 6.07) is 0. The quantitative estimate of drug-likeness (QED) is 0.686. The first-order valence-corrected chi connectivity index (χ1v) is 6.64. The van der Waals surface area contributed by atoms with Crippen LogP contribution in [0.1, 0.15) is 0 Å². The second kappa shape index (κ2) is 4.84. The lowest BCUT2D eigenvalue weighted by Crippen LogP contribution is -2.37. The third-order valence-corrected chi connectivity index (χ3v) is 4.63. The molecule has 0 N–H and O–H groups in total. The van der Waals surface area contributed by atoms with Gasteiger partial charge in [0.2, 0.25) is 0 Å². The van der Waals surface area contributed by atoms with E-state index in [0.29, 0.717) is 5.57 Å². The van der Waals surface area contributed by atoms with Gasteiger partial charge in [-0.1, -0.05) is 18.2 Å². The monoisotopic (exact) mass is 228 g/mol. The van der Waals surface area contributed by atoms with Crippen LogP contribution >= 0.6 is 23.5 Å². The van der Waals surface area contributed by atoms with Crippen molar-refractivity contribution in [2.75, 3.05) is 12.5 Å². The average molecular weight is 228 g/mol. The van der Waals surface area contributed by atoms with Crippen LogP contribution in [0, 0.1) is 0 Å². The number of aldehydes is 2. The molecule has 0 aromatic carbocycles. The molecular weight excluding hydrogens is 216 g/mol. The molecule has 4 heteroatoms. The van der Waals surface area contributed by atoms with Gasteiger partial charge in [-0.15, -0.1) is 11.8 Å². The number of carbonyl (C=O) groups is 2. The summed E-state index contributed by atoms with van der Waals surface area (Å²) in [4.78, 5) is 21.7. The lowest BCUT2D eigenvalue weighted by molar-refractivity contribution is -0.109. The molecule has 0 aliphatic heterocycles. The van der Waals surface area contributed by atoms with Crippen molar-refractivity contribution in [3.05, 3.63) is 23.8 Å². The molecule has 2 atom stereocenters. The Balaban J connectivity index is 3.03. The molecule has 0 saturated heterocycles. The highest BCUT2D eigenvalue weighted by Crippen LogP contribution is 2.37. The molecule has 0 saturated carbocycles. The normalized spacial score (nSPS) is 31.0. The molecule has 0 aromatic rings. The molecule has 0 fully saturated rings. The Bertz CT molecular complexity index is 296. The van der Waals surface area contributed by atoms with Crippen LogP contribution < -0.4 is 0 Å². The second-order valence-electron chi connectivity index (χ2n) is 2.95. The van der Waals surface area contributed by atoms with E-state index in [4.69, 9.17) is 0 Å². The summed E-state index contributed by atoms with van der Waals surface area (Å²) in [6.45, 7) is 0. The van der Waals surface area contributed by atoms with Gasteiger partial charge in [-0.3, -0.25) is 4.79 Å². The molecule has 0 amide bonds. The fraction of sp³-hybridized carbons (Fsp3) is 0.400. The molecule has 76 valence electrons. The molecule has 0 spiro atoms. The summed E-state index contributed by atoms with van der Waals surface area (Å²) >= 11 is 3.08. The Labute approximate surface area is 92.2 Å².